The molecular formula is C18H23N3O3. The Labute approximate surface area is 141 Å². The first-order valence-corrected chi connectivity index (χ1v) is 8.18. The fraction of sp³-hybridized carbons (Fsp3) is 0.444. The number of carbonyl (C=O) groups is 1. The van der Waals surface area contributed by atoms with Gasteiger partial charge in [0.15, 0.2) is 5.69 Å². The summed E-state index contributed by atoms with van der Waals surface area (Å²) in [6.07, 6.45) is 1.63. The number of nitrogens with zero attached hydrogens (tertiary/aromatic N) is 2. The number of benzene rings is 1. The standard InChI is InChI=1S/C18H23N3O3/c1-11-10-14(19)8-9-21(11)18(22)16-12(2)24-17(20-16)13-4-6-15(23-3)7-5-13/h4-7,11,14H,8-10,19H2,1-3H3/t11-,14+/m1/s1. The van der Waals surface area contributed by atoms with E-state index in [-0.39, 0.29) is 18.0 Å². The van der Waals surface area contributed by atoms with Gasteiger partial charge in [0.2, 0.25) is 5.89 Å². The number of likely N-dealkylation sites (tertiary alicyclic amines) is 1. The van der Waals surface area contributed by atoms with Crippen molar-refractivity contribution in [1.82, 2.24) is 9.88 Å². The number of piperidine rings is 1. The quantitative estimate of drug-likeness (QED) is 0.936. The van der Waals surface area contributed by atoms with Crippen LogP contribution in [-0.4, -0.2) is 41.5 Å². The molecule has 1 aromatic heterocycles. The Bertz CT molecular complexity index is 724. The summed E-state index contributed by atoms with van der Waals surface area (Å²) in [5.41, 5.74) is 7.17. The molecule has 1 aliphatic rings. The van der Waals surface area contributed by atoms with Gasteiger partial charge in [-0.2, -0.15) is 0 Å². The van der Waals surface area contributed by atoms with Crippen molar-refractivity contribution in [2.45, 2.75) is 38.8 Å². The first-order valence-electron chi connectivity index (χ1n) is 8.18. The summed E-state index contributed by atoms with van der Waals surface area (Å²) in [6, 6.07) is 7.68. The molecule has 6 heteroatoms. The predicted octanol–water partition coefficient (Wildman–Crippen LogP) is 2.61. The number of rotatable bonds is 3. The molecule has 1 aliphatic heterocycles. The molecule has 1 fully saturated rings. The Kier molecular flexibility index (Phi) is 4.57. The molecule has 0 saturated carbocycles. The SMILES string of the molecule is COc1ccc(-c2nc(C(=O)N3CC[C@H](N)C[C@H]3C)c(C)o2)cc1. The van der Waals surface area contributed by atoms with Gasteiger partial charge in [-0.25, -0.2) is 4.98 Å². The van der Waals surface area contributed by atoms with E-state index in [9.17, 15) is 4.79 Å². The van der Waals surface area contributed by atoms with Crippen molar-refractivity contribution >= 4 is 5.91 Å². The highest BCUT2D eigenvalue weighted by molar-refractivity contribution is 5.94. The van der Waals surface area contributed by atoms with E-state index in [0.717, 1.165) is 24.2 Å². The highest BCUT2D eigenvalue weighted by Gasteiger charge is 2.30. The second-order valence-electron chi connectivity index (χ2n) is 6.28. The van der Waals surface area contributed by atoms with Gasteiger partial charge >= 0.3 is 0 Å². The minimum atomic E-state index is -0.0876. The molecule has 24 heavy (non-hydrogen) atoms. The number of nitrogens with two attached hydrogens (primary N) is 1. The van der Waals surface area contributed by atoms with Crippen LogP contribution < -0.4 is 10.5 Å². The van der Waals surface area contributed by atoms with Gasteiger partial charge in [0.25, 0.3) is 5.91 Å². The minimum Gasteiger partial charge on any atom is -0.497 e. The molecule has 0 radical (unpaired) electrons. The van der Waals surface area contributed by atoms with Crippen LogP contribution in [0.2, 0.25) is 0 Å². The molecule has 0 unspecified atom stereocenters. The Balaban J connectivity index is 1.84. The van der Waals surface area contributed by atoms with Crippen LogP contribution in [0.25, 0.3) is 11.5 Å². The van der Waals surface area contributed by atoms with Crippen molar-refractivity contribution in [2.24, 2.45) is 5.73 Å². The van der Waals surface area contributed by atoms with E-state index in [1.807, 2.05) is 36.1 Å². The number of methoxy groups -OCH3 is 1. The summed E-state index contributed by atoms with van der Waals surface area (Å²) >= 11 is 0. The Morgan fingerprint density at radius 3 is 2.71 bits per heavy atom. The number of aryl methyl sites for hydroxylation is 1. The highest BCUT2D eigenvalue weighted by Crippen LogP contribution is 2.26. The monoisotopic (exact) mass is 329 g/mol. The lowest BCUT2D eigenvalue weighted by Crippen LogP contribution is -2.48. The van der Waals surface area contributed by atoms with Gasteiger partial charge < -0.3 is 19.8 Å². The van der Waals surface area contributed by atoms with E-state index in [1.54, 1.807) is 14.0 Å². The molecule has 2 aromatic rings. The summed E-state index contributed by atoms with van der Waals surface area (Å²) in [5.74, 6) is 1.65. The lowest BCUT2D eigenvalue weighted by molar-refractivity contribution is 0.0612. The van der Waals surface area contributed by atoms with Gasteiger partial charge in [0.05, 0.1) is 7.11 Å². The maximum Gasteiger partial charge on any atom is 0.276 e. The molecule has 0 spiro atoms. The maximum atomic E-state index is 12.8. The molecule has 0 bridgehead atoms. The molecule has 6 nitrogen and oxygen atoms in total. The van der Waals surface area contributed by atoms with Gasteiger partial charge in [0.1, 0.15) is 11.5 Å². The normalized spacial score (nSPS) is 20.9. The predicted molar refractivity (Wildman–Crippen MR) is 90.9 cm³/mol. The molecule has 1 aromatic carbocycles. The number of carbonyl (C=O) groups excluding carboxylic acids is 1. The fourth-order valence-electron chi connectivity index (χ4n) is 3.10. The van der Waals surface area contributed by atoms with Crippen LogP contribution in [0.3, 0.4) is 0 Å². The molecule has 0 aliphatic carbocycles. The number of aromatic nitrogens is 1. The zero-order valence-corrected chi connectivity index (χ0v) is 14.3. The number of hydrogen-bond donors (Lipinski definition) is 1. The zero-order valence-electron chi connectivity index (χ0n) is 14.3. The summed E-state index contributed by atoms with van der Waals surface area (Å²) in [7, 11) is 1.62. The first kappa shape index (κ1) is 16.5. The first-order chi connectivity index (χ1) is 11.5. The van der Waals surface area contributed by atoms with Crippen LogP contribution in [0.1, 0.15) is 36.0 Å². The van der Waals surface area contributed by atoms with Gasteiger partial charge in [-0.1, -0.05) is 0 Å². The molecular weight excluding hydrogens is 306 g/mol. The van der Waals surface area contributed by atoms with Crippen molar-refractivity contribution in [3.63, 3.8) is 0 Å². The summed E-state index contributed by atoms with van der Waals surface area (Å²) in [5, 5.41) is 0. The second-order valence-corrected chi connectivity index (χ2v) is 6.28. The van der Waals surface area contributed by atoms with Crippen LogP contribution in [0.4, 0.5) is 0 Å². The number of ether oxygens (including phenoxy) is 1. The van der Waals surface area contributed by atoms with E-state index in [4.69, 9.17) is 14.9 Å². The van der Waals surface area contributed by atoms with Crippen LogP contribution in [0.5, 0.6) is 5.75 Å². The van der Waals surface area contributed by atoms with Crippen LogP contribution in [0, 0.1) is 6.92 Å². The second kappa shape index (κ2) is 6.65. The molecule has 1 amide bonds. The zero-order chi connectivity index (χ0) is 17.3. The summed E-state index contributed by atoms with van der Waals surface area (Å²) in [4.78, 5) is 19.1. The van der Waals surface area contributed by atoms with Gasteiger partial charge in [-0.15, -0.1) is 0 Å². The van der Waals surface area contributed by atoms with Crippen LogP contribution in [-0.2, 0) is 0 Å². The molecule has 2 atom stereocenters. The topological polar surface area (TPSA) is 81.6 Å². The average Bonchev–Trinajstić information content (AvgIpc) is 2.96. The van der Waals surface area contributed by atoms with E-state index in [0.29, 0.717) is 23.9 Å². The van der Waals surface area contributed by atoms with E-state index < -0.39 is 0 Å². The van der Waals surface area contributed by atoms with Crippen molar-refractivity contribution in [2.75, 3.05) is 13.7 Å². The average molecular weight is 329 g/mol. The lowest BCUT2D eigenvalue weighted by atomic mass is 9.99. The highest BCUT2D eigenvalue weighted by atomic mass is 16.5. The third-order valence-electron chi connectivity index (χ3n) is 4.51. The summed E-state index contributed by atoms with van der Waals surface area (Å²) in [6.45, 7) is 4.45. The number of amides is 1. The summed E-state index contributed by atoms with van der Waals surface area (Å²) < 4.78 is 10.9. The smallest absolute Gasteiger partial charge is 0.276 e. The van der Waals surface area contributed by atoms with Crippen molar-refractivity contribution in [3.05, 3.63) is 35.7 Å². The Morgan fingerprint density at radius 2 is 2.08 bits per heavy atom. The molecule has 3 rings (SSSR count). The maximum absolute atomic E-state index is 12.8. The van der Waals surface area contributed by atoms with Crippen molar-refractivity contribution in [3.8, 4) is 17.2 Å². The van der Waals surface area contributed by atoms with E-state index in [2.05, 4.69) is 4.98 Å². The van der Waals surface area contributed by atoms with Gasteiger partial charge in [-0.3, -0.25) is 4.79 Å². The molecule has 1 saturated heterocycles. The Hall–Kier alpha value is -2.34. The van der Waals surface area contributed by atoms with Crippen molar-refractivity contribution in [1.29, 1.82) is 0 Å². The third kappa shape index (κ3) is 3.14. The van der Waals surface area contributed by atoms with E-state index in [1.165, 1.54) is 0 Å². The van der Waals surface area contributed by atoms with Crippen LogP contribution >= 0.6 is 0 Å². The van der Waals surface area contributed by atoms with Gasteiger partial charge in [-0.05, 0) is 51.0 Å². The molecule has 128 valence electrons. The largest absolute Gasteiger partial charge is 0.497 e. The third-order valence-corrected chi connectivity index (χ3v) is 4.51. The molecule has 2 heterocycles. The Morgan fingerprint density at radius 1 is 1.38 bits per heavy atom. The molecule has 2 N–H and O–H groups in total. The number of hydrogen-bond acceptors (Lipinski definition) is 5. The van der Waals surface area contributed by atoms with Crippen LogP contribution in [0.15, 0.2) is 28.7 Å². The number of oxazole rings is 1. The van der Waals surface area contributed by atoms with Crippen molar-refractivity contribution < 1.29 is 13.9 Å². The fourth-order valence-corrected chi connectivity index (χ4v) is 3.10. The van der Waals surface area contributed by atoms with Gasteiger partial charge in [0, 0.05) is 24.2 Å². The lowest BCUT2D eigenvalue weighted by Gasteiger charge is -2.35. The van der Waals surface area contributed by atoms with E-state index >= 15 is 0 Å². The minimum absolute atomic E-state index is 0.0876.